The van der Waals surface area contributed by atoms with E-state index in [1.807, 2.05) is 28.8 Å². The molecule has 1 fully saturated rings. The lowest BCUT2D eigenvalue weighted by Gasteiger charge is -2.19. The van der Waals surface area contributed by atoms with Gasteiger partial charge in [-0.3, -0.25) is 9.36 Å². The van der Waals surface area contributed by atoms with Crippen LogP contribution in [0.5, 0.6) is 0 Å². The second kappa shape index (κ2) is 6.41. The Balaban J connectivity index is 1.47. The number of hydrogen-bond acceptors (Lipinski definition) is 4. The van der Waals surface area contributed by atoms with Gasteiger partial charge in [-0.2, -0.15) is 10.2 Å². The van der Waals surface area contributed by atoms with Crippen LogP contribution < -0.4 is 5.32 Å². The van der Waals surface area contributed by atoms with E-state index in [4.69, 9.17) is 4.74 Å². The Kier molecular flexibility index (Phi) is 4.36. The molecule has 0 bridgehead atoms. The van der Waals surface area contributed by atoms with Crippen LogP contribution in [0.25, 0.3) is 0 Å². The molecule has 0 radical (unpaired) electrons. The van der Waals surface area contributed by atoms with Gasteiger partial charge in [-0.25, -0.2) is 0 Å². The van der Waals surface area contributed by atoms with E-state index < -0.39 is 0 Å². The van der Waals surface area contributed by atoms with Crippen molar-refractivity contribution in [3.05, 3.63) is 35.9 Å². The molecule has 1 saturated heterocycles. The monoisotopic (exact) mass is 289 g/mol. The highest BCUT2D eigenvalue weighted by Crippen LogP contribution is 2.33. The SMILES string of the molecule is Cc1cnn(CCNC[C@@H]2CCO[C@H]2c2ccnn2C)c1. The first-order valence-electron chi connectivity index (χ1n) is 7.53. The van der Waals surface area contributed by atoms with Crippen LogP contribution in [0, 0.1) is 12.8 Å². The van der Waals surface area contributed by atoms with Crippen LogP contribution in [-0.2, 0) is 18.3 Å². The minimum atomic E-state index is 0.164. The van der Waals surface area contributed by atoms with E-state index in [0.29, 0.717) is 5.92 Å². The van der Waals surface area contributed by atoms with Crippen LogP contribution in [0.4, 0.5) is 0 Å². The van der Waals surface area contributed by atoms with Gasteiger partial charge in [0.2, 0.25) is 0 Å². The van der Waals surface area contributed by atoms with E-state index in [-0.39, 0.29) is 6.10 Å². The summed E-state index contributed by atoms with van der Waals surface area (Å²) < 4.78 is 9.78. The molecule has 0 unspecified atom stereocenters. The fraction of sp³-hybridized carbons (Fsp3) is 0.600. The largest absolute Gasteiger partial charge is 0.372 e. The molecule has 0 amide bonds. The van der Waals surface area contributed by atoms with Gasteiger partial charge in [0.25, 0.3) is 0 Å². The summed E-state index contributed by atoms with van der Waals surface area (Å²) in [6.45, 7) is 5.69. The normalized spacial score (nSPS) is 22.0. The molecule has 2 atom stereocenters. The molecule has 2 aromatic heterocycles. The number of hydrogen-bond donors (Lipinski definition) is 1. The summed E-state index contributed by atoms with van der Waals surface area (Å²) >= 11 is 0. The van der Waals surface area contributed by atoms with Crippen LogP contribution in [0.1, 0.15) is 23.8 Å². The molecule has 2 aromatic rings. The average molecular weight is 289 g/mol. The van der Waals surface area contributed by atoms with Crippen molar-refractivity contribution >= 4 is 0 Å². The predicted molar refractivity (Wildman–Crippen MR) is 79.8 cm³/mol. The van der Waals surface area contributed by atoms with E-state index in [2.05, 4.69) is 34.7 Å². The zero-order chi connectivity index (χ0) is 14.7. The Morgan fingerprint density at radius 2 is 2.33 bits per heavy atom. The van der Waals surface area contributed by atoms with Gasteiger partial charge in [0.1, 0.15) is 6.10 Å². The first-order valence-corrected chi connectivity index (χ1v) is 7.53. The highest BCUT2D eigenvalue weighted by molar-refractivity contribution is 5.07. The van der Waals surface area contributed by atoms with Crippen molar-refractivity contribution in [3.8, 4) is 0 Å². The molecule has 3 heterocycles. The van der Waals surface area contributed by atoms with E-state index in [0.717, 1.165) is 32.7 Å². The lowest BCUT2D eigenvalue weighted by Crippen LogP contribution is -2.28. The fourth-order valence-corrected chi connectivity index (χ4v) is 2.90. The molecule has 6 nitrogen and oxygen atoms in total. The molecule has 6 heteroatoms. The summed E-state index contributed by atoms with van der Waals surface area (Å²) in [5.74, 6) is 0.514. The molecule has 0 aliphatic carbocycles. The Morgan fingerprint density at radius 3 is 3.05 bits per heavy atom. The molecule has 21 heavy (non-hydrogen) atoms. The van der Waals surface area contributed by atoms with E-state index in [1.165, 1.54) is 11.3 Å². The molecule has 1 aliphatic rings. The number of aromatic nitrogens is 4. The van der Waals surface area contributed by atoms with Crippen molar-refractivity contribution in [2.45, 2.75) is 26.0 Å². The lowest BCUT2D eigenvalue weighted by atomic mass is 9.99. The molecule has 114 valence electrons. The third kappa shape index (κ3) is 3.33. The highest BCUT2D eigenvalue weighted by Gasteiger charge is 2.31. The van der Waals surface area contributed by atoms with Gasteiger partial charge < -0.3 is 10.1 Å². The highest BCUT2D eigenvalue weighted by atomic mass is 16.5. The maximum absolute atomic E-state index is 5.89. The van der Waals surface area contributed by atoms with Gasteiger partial charge in [-0.1, -0.05) is 0 Å². The van der Waals surface area contributed by atoms with Crippen molar-refractivity contribution in [2.24, 2.45) is 13.0 Å². The van der Waals surface area contributed by atoms with Gasteiger partial charge >= 0.3 is 0 Å². The van der Waals surface area contributed by atoms with Crippen molar-refractivity contribution in [3.63, 3.8) is 0 Å². The molecule has 1 N–H and O–H groups in total. The third-order valence-electron chi connectivity index (χ3n) is 4.05. The average Bonchev–Trinajstić information content (AvgIpc) is 3.16. The smallest absolute Gasteiger partial charge is 0.103 e. The van der Waals surface area contributed by atoms with Crippen molar-refractivity contribution in [2.75, 3.05) is 19.7 Å². The van der Waals surface area contributed by atoms with Gasteiger partial charge in [-0.15, -0.1) is 0 Å². The molecule has 0 aromatic carbocycles. The van der Waals surface area contributed by atoms with E-state index in [9.17, 15) is 0 Å². The first-order chi connectivity index (χ1) is 10.2. The Hall–Kier alpha value is -1.66. The standard InChI is InChI=1S/C15H23N5O/c1-12-9-18-20(11-12)7-6-16-10-13-4-8-21-15(13)14-3-5-17-19(14)2/h3,5,9,11,13,15-16H,4,6-8,10H2,1-2H3/t13-,15+/m0/s1. The minimum Gasteiger partial charge on any atom is -0.372 e. The van der Waals surface area contributed by atoms with Gasteiger partial charge in [0, 0.05) is 45.1 Å². The predicted octanol–water partition coefficient (Wildman–Crippen LogP) is 1.29. The van der Waals surface area contributed by atoms with Gasteiger partial charge in [0.15, 0.2) is 0 Å². The summed E-state index contributed by atoms with van der Waals surface area (Å²) in [6, 6.07) is 2.05. The summed E-state index contributed by atoms with van der Waals surface area (Å²) in [4.78, 5) is 0. The Bertz CT molecular complexity index is 576. The molecule has 3 rings (SSSR count). The van der Waals surface area contributed by atoms with E-state index >= 15 is 0 Å². The fourth-order valence-electron chi connectivity index (χ4n) is 2.90. The second-order valence-electron chi connectivity index (χ2n) is 5.70. The summed E-state index contributed by atoms with van der Waals surface area (Å²) in [5.41, 5.74) is 2.37. The second-order valence-corrected chi connectivity index (χ2v) is 5.70. The zero-order valence-electron chi connectivity index (χ0n) is 12.7. The van der Waals surface area contributed by atoms with Crippen LogP contribution in [0.15, 0.2) is 24.7 Å². The van der Waals surface area contributed by atoms with Gasteiger partial charge in [-0.05, 0) is 25.0 Å². The molecular formula is C15H23N5O. The number of aryl methyl sites for hydroxylation is 2. The summed E-state index contributed by atoms with van der Waals surface area (Å²) in [5, 5.41) is 12.1. The van der Waals surface area contributed by atoms with Crippen LogP contribution in [0.3, 0.4) is 0 Å². The first kappa shape index (κ1) is 14.3. The van der Waals surface area contributed by atoms with Crippen molar-refractivity contribution < 1.29 is 4.74 Å². The topological polar surface area (TPSA) is 56.9 Å². The van der Waals surface area contributed by atoms with Crippen molar-refractivity contribution in [1.29, 1.82) is 0 Å². The maximum atomic E-state index is 5.89. The molecule has 0 saturated carbocycles. The van der Waals surface area contributed by atoms with Crippen LogP contribution in [0.2, 0.25) is 0 Å². The number of rotatable bonds is 6. The lowest BCUT2D eigenvalue weighted by molar-refractivity contribution is 0.0838. The zero-order valence-corrected chi connectivity index (χ0v) is 12.7. The van der Waals surface area contributed by atoms with Crippen molar-refractivity contribution in [1.82, 2.24) is 24.9 Å². The molecule has 1 aliphatic heterocycles. The molecule has 0 spiro atoms. The number of ether oxygens (including phenoxy) is 1. The van der Waals surface area contributed by atoms with Crippen LogP contribution in [-0.4, -0.2) is 39.3 Å². The molecular weight excluding hydrogens is 266 g/mol. The third-order valence-corrected chi connectivity index (χ3v) is 4.05. The van der Waals surface area contributed by atoms with E-state index in [1.54, 1.807) is 0 Å². The minimum absolute atomic E-state index is 0.164. The Morgan fingerprint density at radius 1 is 1.43 bits per heavy atom. The number of nitrogens with zero attached hydrogens (tertiary/aromatic N) is 4. The Labute approximate surface area is 125 Å². The summed E-state index contributed by atoms with van der Waals surface area (Å²) in [7, 11) is 1.97. The number of nitrogens with one attached hydrogen (secondary N) is 1. The van der Waals surface area contributed by atoms with Gasteiger partial charge in [0.05, 0.1) is 18.4 Å². The summed E-state index contributed by atoms with van der Waals surface area (Å²) in [6.07, 6.45) is 7.06. The van der Waals surface area contributed by atoms with Crippen LogP contribution >= 0.6 is 0 Å². The maximum Gasteiger partial charge on any atom is 0.103 e. The quantitative estimate of drug-likeness (QED) is 0.814.